The first-order chi connectivity index (χ1) is 16.3. The van der Waals surface area contributed by atoms with Crippen molar-refractivity contribution < 1.29 is 39.1 Å². The minimum Gasteiger partial charge on any atom is -0.462 e. The maximum absolute atomic E-state index is 12.3. The van der Waals surface area contributed by atoms with Gasteiger partial charge in [0.15, 0.2) is 12.4 Å². The van der Waals surface area contributed by atoms with E-state index in [1.807, 2.05) is 36.4 Å². The molecule has 7 atom stereocenters. The Morgan fingerprint density at radius 2 is 1.32 bits per heavy atom. The Morgan fingerprint density at radius 1 is 0.824 bits per heavy atom. The number of carbonyl (C=O) groups is 2. The van der Waals surface area contributed by atoms with E-state index in [9.17, 15) is 24.9 Å². The normalized spacial score (nSPS) is 26.3. The molecule has 0 aliphatic carbocycles. The van der Waals surface area contributed by atoms with Gasteiger partial charge in [-0.3, -0.25) is 9.59 Å². The quantitative estimate of drug-likeness (QED) is 0.284. The van der Waals surface area contributed by atoms with E-state index in [0.717, 1.165) is 11.1 Å². The van der Waals surface area contributed by atoms with Crippen LogP contribution < -0.4 is 11.5 Å². The molecule has 0 aromatic heterocycles. The second-order valence-electron chi connectivity index (χ2n) is 8.17. The van der Waals surface area contributed by atoms with E-state index in [1.54, 1.807) is 24.3 Å². The highest BCUT2D eigenvalue weighted by Gasteiger charge is 2.47. The van der Waals surface area contributed by atoms with E-state index in [4.69, 9.17) is 25.7 Å². The summed E-state index contributed by atoms with van der Waals surface area (Å²) in [7, 11) is 0. The third-order valence-electron chi connectivity index (χ3n) is 5.51. The van der Waals surface area contributed by atoms with Gasteiger partial charge in [-0.2, -0.15) is 0 Å². The fourth-order valence-corrected chi connectivity index (χ4v) is 3.58. The lowest BCUT2D eigenvalue weighted by molar-refractivity contribution is -0.291. The minimum atomic E-state index is -1.77. The molecule has 0 spiro atoms. The second-order valence-corrected chi connectivity index (χ2v) is 8.17. The summed E-state index contributed by atoms with van der Waals surface area (Å²) in [6, 6.07) is 16.1. The molecule has 10 nitrogen and oxygen atoms in total. The minimum absolute atomic E-state index is 0.184. The van der Waals surface area contributed by atoms with Gasteiger partial charge < -0.3 is 41.0 Å². The van der Waals surface area contributed by atoms with Gasteiger partial charge in [-0.1, -0.05) is 60.7 Å². The predicted octanol–water partition coefficient (Wildman–Crippen LogP) is -0.980. The molecular weight excluding hydrogens is 444 g/mol. The number of ether oxygens (including phenoxy) is 3. The Bertz CT molecular complexity index is 927. The number of aliphatic hydroxyl groups is 3. The number of esters is 2. The van der Waals surface area contributed by atoms with Gasteiger partial charge >= 0.3 is 11.9 Å². The molecule has 7 N–H and O–H groups in total. The van der Waals surface area contributed by atoms with Crippen molar-refractivity contribution >= 4 is 11.9 Å². The number of rotatable bonds is 9. The van der Waals surface area contributed by atoms with Crippen LogP contribution in [-0.4, -0.2) is 76.7 Å². The summed E-state index contributed by atoms with van der Waals surface area (Å²) < 4.78 is 15.5. The molecule has 10 heteroatoms. The summed E-state index contributed by atoms with van der Waals surface area (Å²) in [4.78, 5) is 24.5. The molecule has 0 amide bonds. The van der Waals surface area contributed by atoms with Crippen molar-refractivity contribution in [2.45, 2.75) is 55.6 Å². The largest absolute Gasteiger partial charge is 0.462 e. The summed E-state index contributed by atoms with van der Waals surface area (Å²) >= 11 is 0. The zero-order valence-electron chi connectivity index (χ0n) is 18.5. The average molecular weight is 475 g/mol. The predicted molar refractivity (Wildman–Crippen MR) is 120 cm³/mol. The van der Waals surface area contributed by atoms with Crippen LogP contribution in [-0.2, 0) is 36.6 Å². The lowest BCUT2D eigenvalue weighted by Gasteiger charge is -2.40. The van der Waals surface area contributed by atoms with Crippen molar-refractivity contribution in [3.05, 3.63) is 71.8 Å². The van der Waals surface area contributed by atoms with Gasteiger partial charge in [-0.05, 0) is 24.0 Å². The summed E-state index contributed by atoms with van der Waals surface area (Å²) in [5.41, 5.74) is 13.4. The Morgan fingerprint density at radius 3 is 1.85 bits per heavy atom. The number of carbonyl (C=O) groups excluding carboxylic acids is 2. The fourth-order valence-electron chi connectivity index (χ4n) is 3.58. The molecular formula is C24H30N2O8. The number of hydrogen-bond donors (Lipinski definition) is 5. The number of benzene rings is 2. The van der Waals surface area contributed by atoms with Crippen molar-refractivity contribution in [3.8, 4) is 0 Å². The van der Waals surface area contributed by atoms with E-state index in [-0.39, 0.29) is 12.8 Å². The monoisotopic (exact) mass is 474 g/mol. The molecule has 1 heterocycles. The van der Waals surface area contributed by atoms with Gasteiger partial charge in [0.25, 0.3) is 0 Å². The van der Waals surface area contributed by atoms with Crippen LogP contribution in [0.1, 0.15) is 11.1 Å². The van der Waals surface area contributed by atoms with E-state index in [1.165, 1.54) is 0 Å². The highest BCUT2D eigenvalue weighted by Crippen LogP contribution is 2.23. The van der Waals surface area contributed by atoms with Crippen molar-refractivity contribution in [2.75, 3.05) is 6.61 Å². The third-order valence-corrected chi connectivity index (χ3v) is 5.51. The molecule has 0 radical (unpaired) electrons. The standard InChI is InChI=1S/C24H30N2O8/c25-16(11-14-7-3-1-4-8-14)22(29)32-13-18-19(27)20(28)21(24(31)33-18)34-23(30)17(26)12-15-9-5-2-6-10-15/h1-10,16-21,24,27-28,31H,11-13,25-26H2/t16-,17-,18+,19+,20-,21+,24?/m0/s1. The molecule has 0 saturated carbocycles. The van der Waals surface area contributed by atoms with E-state index in [0.29, 0.717) is 0 Å². The molecule has 3 rings (SSSR count). The van der Waals surface area contributed by atoms with E-state index in [2.05, 4.69) is 0 Å². The van der Waals surface area contributed by atoms with Gasteiger partial charge in [-0.15, -0.1) is 0 Å². The molecule has 1 saturated heterocycles. The first kappa shape index (κ1) is 25.8. The molecule has 1 aliphatic rings. The van der Waals surface area contributed by atoms with Crippen LogP contribution in [0.4, 0.5) is 0 Å². The average Bonchev–Trinajstić information content (AvgIpc) is 2.84. The topological polar surface area (TPSA) is 175 Å². The lowest BCUT2D eigenvalue weighted by Crippen LogP contribution is -2.60. The highest BCUT2D eigenvalue weighted by molar-refractivity contribution is 5.76. The van der Waals surface area contributed by atoms with Crippen LogP contribution in [0.5, 0.6) is 0 Å². The summed E-state index contributed by atoms with van der Waals surface area (Å²) in [6.07, 6.45) is -7.47. The van der Waals surface area contributed by atoms with Crippen molar-refractivity contribution in [1.82, 2.24) is 0 Å². The summed E-state index contributed by atoms with van der Waals surface area (Å²) in [5, 5.41) is 31.0. The summed E-state index contributed by atoms with van der Waals surface area (Å²) in [6.45, 7) is -0.467. The molecule has 184 valence electrons. The Kier molecular flexibility index (Phi) is 9.11. The highest BCUT2D eigenvalue weighted by atomic mass is 16.7. The molecule has 1 aliphatic heterocycles. The van der Waals surface area contributed by atoms with Gasteiger partial charge in [0.2, 0.25) is 0 Å². The van der Waals surface area contributed by atoms with Gasteiger partial charge in [0.1, 0.15) is 37.0 Å². The van der Waals surface area contributed by atoms with Crippen LogP contribution in [0.15, 0.2) is 60.7 Å². The Hall–Kier alpha value is -2.86. The molecule has 0 bridgehead atoms. The third kappa shape index (κ3) is 6.83. The number of hydrogen-bond acceptors (Lipinski definition) is 10. The van der Waals surface area contributed by atoms with Crippen LogP contribution in [0.2, 0.25) is 0 Å². The van der Waals surface area contributed by atoms with Crippen LogP contribution >= 0.6 is 0 Å². The molecule has 1 fully saturated rings. The first-order valence-electron chi connectivity index (χ1n) is 10.9. The maximum atomic E-state index is 12.3. The smallest absolute Gasteiger partial charge is 0.323 e. The van der Waals surface area contributed by atoms with Crippen molar-refractivity contribution in [3.63, 3.8) is 0 Å². The SMILES string of the molecule is N[C@@H](Cc1ccccc1)C(=O)OC[C@H]1OC(O)[C@H](OC(=O)[C@@H](N)Cc2ccccc2)[C@@H](O)[C@@H]1O. The van der Waals surface area contributed by atoms with Crippen molar-refractivity contribution in [2.24, 2.45) is 11.5 Å². The van der Waals surface area contributed by atoms with Gasteiger partial charge in [0, 0.05) is 0 Å². The van der Waals surface area contributed by atoms with E-state index >= 15 is 0 Å². The molecule has 1 unspecified atom stereocenters. The molecule has 34 heavy (non-hydrogen) atoms. The number of nitrogens with two attached hydrogens (primary N) is 2. The number of aliphatic hydroxyl groups excluding tert-OH is 3. The molecule has 2 aromatic carbocycles. The Labute approximate surface area is 197 Å². The van der Waals surface area contributed by atoms with Crippen LogP contribution in [0.3, 0.4) is 0 Å². The van der Waals surface area contributed by atoms with Crippen LogP contribution in [0, 0.1) is 0 Å². The van der Waals surface area contributed by atoms with Gasteiger partial charge in [-0.25, -0.2) is 0 Å². The zero-order valence-corrected chi connectivity index (χ0v) is 18.5. The molecule has 2 aromatic rings. The Balaban J connectivity index is 1.49. The van der Waals surface area contributed by atoms with Crippen molar-refractivity contribution in [1.29, 1.82) is 0 Å². The lowest BCUT2D eigenvalue weighted by atomic mass is 9.99. The zero-order chi connectivity index (χ0) is 24.7. The first-order valence-corrected chi connectivity index (χ1v) is 10.9. The summed E-state index contributed by atoms with van der Waals surface area (Å²) in [5.74, 6) is -1.61. The fraction of sp³-hybridized carbons (Fsp3) is 0.417. The van der Waals surface area contributed by atoms with E-state index < -0.39 is 61.3 Å². The maximum Gasteiger partial charge on any atom is 0.323 e. The van der Waals surface area contributed by atoms with Gasteiger partial charge in [0.05, 0.1) is 0 Å². The van der Waals surface area contributed by atoms with Crippen LogP contribution in [0.25, 0.3) is 0 Å². The second kappa shape index (κ2) is 12.0.